The first-order valence-corrected chi connectivity index (χ1v) is 12.3. The molecule has 1 aliphatic rings. The Hall–Kier alpha value is -1.51. The molecule has 2 aromatic carbocycles. The van der Waals surface area contributed by atoms with Gasteiger partial charge in [-0.3, -0.25) is 0 Å². The molecular formula is C19H20INO3S. The molecule has 6 heteroatoms. The summed E-state index contributed by atoms with van der Waals surface area (Å²) in [6.45, 7) is 0.671. The van der Waals surface area contributed by atoms with E-state index in [9.17, 15) is 8.42 Å². The highest BCUT2D eigenvalue weighted by atomic mass is 127. The van der Waals surface area contributed by atoms with Crippen LogP contribution < -0.4 is 4.90 Å². The van der Waals surface area contributed by atoms with Crippen molar-refractivity contribution < 1.29 is 13.2 Å². The van der Waals surface area contributed by atoms with Crippen LogP contribution in [0.3, 0.4) is 0 Å². The second-order valence-electron chi connectivity index (χ2n) is 5.72. The van der Waals surface area contributed by atoms with Gasteiger partial charge in [0, 0.05) is 28.3 Å². The van der Waals surface area contributed by atoms with E-state index in [4.69, 9.17) is 4.74 Å². The van der Waals surface area contributed by atoms with Gasteiger partial charge in [-0.1, -0.05) is 51.1 Å². The molecule has 0 N–H and O–H groups in total. The molecule has 0 aromatic heterocycles. The maximum absolute atomic E-state index is 11.7. The Kier molecular flexibility index (Phi) is 5.71. The minimum Gasteiger partial charge on any atom is -0.380 e. The standard InChI is InChI=1S/C19H20INO3S/c1-24-13-16-12-19(15-6-4-3-5-7-15)21(14-20-16)17-8-10-18(11-9-17)25(2,22)23/h3-12H,13-14H2,1-2H3. The van der Waals surface area contributed by atoms with Crippen LogP contribution >= 0.6 is 20.7 Å². The Morgan fingerprint density at radius 2 is 1.76 bits per heavy atom. The van der Waals surface area contributed by atoms with Crippen molar-refractivity contribution in [3.05, 3.63) is 66.2 Å². The predicted molar refractivity (Wildman–Crippen MR) is 112 cm³/mol. The summed E-state index contributed by atoms with van der Waals surface area (Å²) in [4.78, 5) is 2.62. The summed E-state index contributed by atoms with van der Waals surface area (Å²) in [7, 11) is -1.45. The number of alkyl halides is 1. The smallest absolute Gasteiger partial charge is 0.175 e. The van der Waals surface area contributed by atoms with Crippen LogP contribution in [0.25, 0.3) is 5.70 Å². The highest BCUT2D eigenvalue weighted by Gasteiger charge is 2.18. The molecule has 0 spiro atoms. The lowest BCUT2D eigenvalue weighted by Crippen LogP contribution is -2.24. The second-order valence-corrected chi connectivity index (χ2v) is 10.6. The summed E-state index contributed by atoms with van der Waals surface area (Å²) in [5.41, 5.74) is 3.29. The maximum Gasteiger partial charge on any atom is 0.175 e. The van der Waals surface area contributed by atoms with Gasteiger partial charge in [0.05, 0.1) is 16.1 Å². The molecule has 4 nitrogen and oxygen atoms in total. The summed E-state index contributed by atoms with van der Waals surface area (Å²) in [5, 5.41) is 0. The number of anilines is 1. The number of sulfone groups is 1. The SMILES string of the molecule is COCC1=ICN(c2ccc(S(C)(=O)=O)cc2)C(c2ccccc2)=C1. The molecule has 0 fully saturated rings. The van der Waals surface area contributed by atoms with Gasteiger partial charge in [0.2, 0.25) is 0 Å². The Labute approximate surface area is 158 Å². The van der Waals surface area contributed by atoms with Gasteiger partial charge in [-0.15, -0.1) is 0 Å². The average molecular weight is 469 g/mol. The van der Waals surface area contributed by atoms with E-state index in [1.165, 1.54) is 9.76 Å². The van der Waals surface area contributed by atoms with Crippen molar-refractivity contribution in [1.29, 1.82) is 0 Å². The van der Waals surface area contributed by atoms with Gasteiger partial charge in [-0.2, -0.15) is 0 Å². The molecule has 0 radical (unpaired) electrons. The van der Waals surface area contributed by atoms with Gasteiger partial charge < -0.3 is 9.64 Å². The van der Waals surface area contributed by atoms with Crippen LogP contribution in [0.5, 0.6) is 0 Å². The average Bonchev–Trinajstić information content (AvgIpc) is 2.62. The number of hydrogen-bond donors (Lipinski definition) is 0. The van der Waals surface area contributed by atoms with Gasteiger partial charge >= 0.3 is 0 Å². The number of hydrogen-bond acceptors (Lipinski definition) is 4. The Morgan fingerprint density at radius 1 is 1.08 bits per heavy atom. The van der Waals surface area contributed by atoms with E-state index < -0.39 is 9.84 Å². The number of benzene rings is 2. The van der Waals surface area contributed by atoms with Crippen molar-refractivity contribution in [2.45, 2.75) is 4.90 Å². The maximum atomic E-state index is 11.7. The van der Waals surface area contributed by atoms with Gasteiger partial charge in [0.25, 0.3) is 0 Å². The molecule has 0 unspecified atom stereocenters. The van der Waals surface area contributed by atoms with Crippen LogP contribution in [0, 0.1) is 0 Å². The van der Waals surface area contributed by atoms with E-state index in [0.717, 1.165) is 21.5 Å². The van der Waals surface area contributed by atoms with E-state index in [1.807, 2.05) is 30.3 Å². The minimum atomic E-state index is -3.18. The van der Waals surface area contributed by atoms with Crippen LogP contribution in [0.15, 0.2) is 65.6 Å². The van der Waals surface area contributed by atoms with Crippen LogP contribution in [0.2, 0.25) is 0 Å². The molecule has 0 bridgehead atoms. The molecule has 0 saturated carbocycles. The Morgan fingerprint density at radius 3 is 2.36 bits per heavy atom. The highest BCUT2D eigenvalue weighted by Crippen LogP contribution is 2.32. The molecule has 132 valence electrons. The van der Waals surface area contributed by atoms with E-state index >= 15 is 0 Å². The summed E-state index contributed by atoms with van der Waals surface area (Å²) < 4.78 is 31.0. The Bertz CT molecular complexity index is 903. The van der Waals surface area contributed by atoms with E-state index in [-0.39, 0.29) is 20.7 Å². The van der Waals surface area contributed by atoms with Gasteiger partial charge in [-0.25, -0.2) is 8.42 Å². The van der Waals surface area contributed by atoms with Crippen molar-refractivity contribution in [2.75, 3.05) is 29.4 Å². The third-order valence-electron chi connectivity index (χ3n) is 3.86. The third kappa shape index (κ3) is 4.37. The summed E-state index contributed by atoms with van der Waals surface area (Å²) in [6, 6.07) is 17.4. The van der Waals surface area contributed by atoms with Crippen LogP contribution in [-0.4, -0.2) is 36.5 Å². The minimum absolute atomic E-state index is 0.151. The monoisotopic (exact) mass is 469 g/mol. The third-order valence-corrected chi connectivity index (χ3v) is 7.62. The molecule has 0 aliphatic carbocycles. The molecule has 0 saturated heterocycles. The number of methoxy groups -OCH3 is 1. The number of halogens is 1. The van der Waals surface area contributed by atoms with Crippen LogP contribution in [0.4, 0.5) is 5.69 Å². The van der Waals surface area contributed by atoms with Crippen molar-refractivity contribution in [3.8, 4) is 0 Å². The van der Waals surface area contributed by atoms with Crippen molar-refractivity contribution in [2.24, 2.45) is 0 Å². The first-order chi connectivity index (χ1) is 12.0. The quantitative estimate of drug-likeness (QED) is 0.381. The van der Waals surface area contributed by atoms with Crippen molar-refractivity contribution in [1.82, 2.24) is 0 Å². The predicted octanol–water partition coefficient (Wildman–Crippen LogP) is 3.70. The fourth-order valence-electron chi connectivity index (χ4n) is 2.61. The van der Waals surface area contributed by atoms with Crippen molar-refractivity contribution in [3.63, 3.8) is 0 Å². The van der Waals surface area contributed by atoms with Crippen molar-refractivity contribution >= 4 is 45.5 Å². The summed E-state index contributed by atoms with van der Waals surface area (Å²) >= 11 is -0.151. The zero-order valence-corrected chi connectivity index (χ0v) is 17.1. The lowest BCUT2D eigenvalue weighted by atomic mass is 10.1. The topological polar surface area (TPSA) is 46.6 Å². The normalized spacial score (nSPS) is 15.2. The molecule has 1 aliphatic heterocycles. The molecule has 0 amide bonds. The zero-order chi connectivity index (χ0) is 17.9. The van der Waals surface area contributed by atoms with Gasteiger partial charge in [0.15, 0.2) is 9.84 Å². The number of ether oxygens (including phenoxy) is 1. The lowest BCUT2D eigenvalue weighted by Gasteiger charge is -2.30. The van der Waals surface area contributed by atoms with E-state index in [2.05, 4.69) is 23.1 Å². The van der Waals surface area contributed by atoms with E-state index in [1.54, 1.807) is 19.2 Å². The molecule has 1 heterocycles. The summed E-state index contributed by atoms with van der Waals surface area (Å²) in [6.07, 6.45) is 3.45. The molecule has 0 atom stereocenters. The largest absolute Gasteiger partial charge is 0.380 e. The molecular weight excluding hydrogens is 449 g/mol. The van der Waals surface area contributed by atoms with Gasteiger partial charge in [0.1, 0.15) is 0 Å². The highest BCUT2D eigenvalue weighted by molar-refractivity contribution is 14.2. The van der Waals surface area contributed by atoms with Crippen LogP contribution in [0.1, 0.15) is 5.56 Å². The summed E-state index contributed by atoms with van der Waals surface area (Å²) in [5.74, 6) is 0. The fourth-order valence-corrected chi connectivity index (χ4v) is 5.83. The molecule has 25 heavy (non-hydrogen) atoms. The zero-order valence-electron chi connectivity index (χ0n) is 14.1. The first-order valence-electron chi connectivity index (χ1n) is 7.78. The lowest BCUT2D eigenvalue weighted by molar-refractivity contribution is 0.247. The Balaban J connectivity index is 1.99. The molecule has 3 rings (SSSR count). The number of nitrogens with zero attached hydrogens (tertiary/aromatic N) is 1. The fraction of sp³-hybridized carbons (Fsp3) is 0.211. The second kappa shape index (κ2) is 7.80. The first kappa shape index (κ1) is 18.3. The van der Waals surface area contributed by atoms with E-state index in [0.29, 0.717) is 11.5 Å². The molecule has 2 aromatic rings. The van der Waals surface area contributed by atoms with Gasteiger partial charge in [-0.05, 0) is 35.9 Å². The van der Waals surface area contributed by atoms with Crippen LogP contribution in [-0.2, 0) is 14.6 Å². The number of rotatable bonds is 5.